The molecule has 4 heteroatoms. The Hall–Kier alpha value is -1.86. The lowest BCUT2D eigenvalue weighted by Gasteiger charge is -2.64. The van der Waals surface area contributed by atoms with Gasteiger partial charge in [0, 0.05) is 12.1 Å². The molecular formula is C24H31N3O. The van der Waals surface area contributed by atoms with Crippen molar-refractivity contribution in [1.82, 2.24) is 5.32 Å². The molecule has 1 aromatic rings. The normalized spacial score (nSPS) is 44.1. The zero-order chi connectivity index (χ0) is 19.4. The minimum absolute atomic E-state index is 0.0112. The lowest BCUT2D eigenvalue weighted by molar-refractivity contribution is -0.156. The van der Waals surface area contributed by atoms with Crippen LogP contribution in [0.15, 0.2) is 30.3 Å². The van der Waals surface area contributed by atoms with Crippen LogP contribution in [0.25, 0.3) is 0 Å². The summed E-state index contributed by atoms with van der Waals surface area (Å²) in [5, 5.41) is 13.5. The summed E-state index contributed by atoms with van der Waals surface area (Å²) >= 11 is 0. The number of nitriles is 1. The third-order valence-corrected chi connectivity index (χ3v) is 8.28. The molecule has 0 heterocycles. The van der Waals surface area contributed by atoms with Gasteiger partial charge in [-0.15, -0.1) is 0 Å². The molecule has 0 spiro atoms. The van der Waals surface area contributed by atoms with E-state index in [4.69, 9.17) is 5.73 Å². The van der Waals surface area contributed by atoms with Gasteiger partial charge in [0.15, 0.2) is 0 Å². The number of carbonyl (C=O) groups is 1. The zero-order valence-electron chi connectivity index (χ0n) is 16.6. The van der Waals surface area contributed by atoms with Gasteiger partial charge in [-0.05, 0) is 81.1 Å². The van der Waals surface area contributed by atoms with E-state index >= 15 is 0 Å². The van der Waals surface area contributed by atoms with Gasteiger partial charge < -0.3 is 11.1 Å². The van der Waals surface area contributed by atoms with Crippen molar-refractivity contribution >= 4 is 5.91 Å². The number of nitrogens with one attached hydrogen (secondary N) is 1. The molecule has 0 saturated heterocycles. The van der Waals surface area contributed by atoms with Gasteiger partial charge in [0.1, 0.15) is 0 Å². The first-order chi connectivity index (χ1) is 13.5. The molecule has 3 N–H and O–H groups in total. The maximum atomic E-state index is 13.6. The van der Waals surface area contributed by atoms with Gasteiger partial charge in [0.2, 0.25) is 5.91 Å². The van der Waals surface area contributed by atoms with Crippen LogP contribution < -0.4 is 11.1 Å². The first-order valence-corrected chi connectivity index (χ1v) is 11.0. The second-order valence-corrected chi connectivity index (χ2v) is 10.4. The smallest absolute Gasteiger partial charge is 0.226 e. The van der Waals surface area contributed by atoms with Crippen LogP contribution in [-0.4, -0.2) is 18.0 Å². The minimum atomic E-state index is -0.370. The van der Waals surface area contributed by atoms with E-state index in [1.54, 1.807) is 0 Å². The summed E-state index contributed by atoms with van der Waals surface area (Å²) < 4.78 is 0. The van der Waals surface area contributed by atoms with Crippen LogP contribution in [0.4, 0.5) is 0 Å². The summed E-state index contributed by atoms with van der Waals surface area (Å²) in [5.41, 5.74) is 6.66. The molecule has 0 aliphatic heterocycles. The van der Waals surface area contributed by atoms with Gasteiger partial charge in [0.05, 0.1) is 16.9 Å². The van der Waals surface area contributed by atoms with Crippen LogP contribution >= 0.6 is 0 Å². The Morgan fingerprint density at radius 1 is 1.04 bits per heavy atom. The van der Waals surface area contributed by atoms with Crippen LogP contribution in [0.3, 0.4) is 0 Å². The topological polar surface area (TPSA) is 78.9 Å². The Balaban J connectivity index is 1.46. The molecule has 4 atom stereocenters. The van der Waals surface area contributed by atoms with Gasteiger partial charge >= 0.3 is 0 Å². The molecular weight excluding hydrogens is 346 g/mol. The van der Waals surface area contributed by atoms with Gasteiger partial charge in [-0.1, -0.05) is 30.3 Å². The summed E-state index contributed by atoms with van der Waals surface area (Å²) in [6.07, 6.45) is 9.61. The summed E-state index contributed by atoms with van der Waals surface area (Å²) in [6, 6.07) is 13.9. The predicted molar refractivity (Wildman–Crippen MR) is 108 cm³/mol. The summed E-state index contributed by atoms with van der Waals surface area (Å²) in [6.45, 7) is 0. The second kappa shape index (κ2) is 6.32. The first kappa shape index (κ1) is 18.2. The van der Waals surface area contributed by atoms with E-state index in [2.05, 4.69) is 41.7 Å². The molecule has 4 bridgehead atoms. The molecule has 5 saturated carbocycles. The fraction of sp³-hybridized carbons (Fsp3) is 0.667. The van der Waals surface area contributed by atoms with E-state index in [0.717, 1.165) is 64.2 Å². The minimum Gasteiger partial charge on any atom is -0.353 e. The van der Waals surface area contributed by atoms with Crippen molar-refractivity contribution in [3.63, 3.8) is 0 Å². The Kier molecular flexibility index (Phi) is 4.11. The molecule has 4 nitrogen and oxygen atoms in total. The van der Waals surface area contributed by atoms with E-state index in [0.29, 0.717) is 5.92 Å². The van der Waals surface area contributed by atoms with E-state index in [9.17, 15) is 10.1 Å². The highest BCUT2D eigenvalue weighted by molar-refractivity contribution is 5.84. The molecule has 6 rings (SSSR count). The lowest BCUT2D eigenvalue weighted by Crippen LogP contribution is -2.63. The fourth-order valence-corrected chi connectivity index (χ4v) is 7.53. The fourth-order valence-electron chi connectivity index (χ4n) is 7.53. The molecule has 148 valence electrons. The van der Waals surface area contributed by atoms with E-state index in [-0.39, 0.29) is 34.2 Å². The van der Waals surface area contributed by atoms with Gasteiger partial charge in [-0.25, -0.2) is 0 Å². The third-order valence-electron chi connectivity index (χ3n) is 8.28. The molecule has 5 aliphatic carbocycles. The van der Waals surface area contributed by atoms with Crippen LogP contribution in [0.2, 0.25) is 0 Å². The van der Waals surface area contributed by atoms with E-state index in [1.165, 1.54) is 5.56 Å². The molecule has 1 aromatic carbocycles. The van der Waals surface area contributed by atoms with Crippen molar-refractivity contribution in [1.29, 1.82) is 5.26 Å². The maximum absolute atomic E-state index is 13.6. The molecule has 0 radical (unpaired) electrons. The number of rotatable bonds is 3. The number of benzene rings is 1. The summed E-state index contributed by atoms with van der Waals surface area (Å²) in [4.78, 5) is 13.6. The Bertz CT molecular complexity index is 809. The highest BCUT2D eigenvalue weighted by Gasteiger charge is 2.66. The van der Waals surface area contributed by atoms with Crippen LogP contribution in [0, 0.1) is 28.1 Å². The first-order valence-electron chi connectivity index (χ1n) is 11.0. The highest BCUT2D eigenvalue weighted by Crippen LogP contribution is 2.70. The highest BCUT2D eigenvalue weighted by atomic mass is 16.2. The molecule has 28 heavy (non-hydrogen) atoms. The van der Waals surface area contributed by atoms with Crippen LogP contribution in [0.5, 0.6) is 0 Å². The number of hydrogen-bond donors (Lipinski definition) is 2. The van der Waals surface area contributed by atoms with Crippen molar-refractivity contribution in [2.24, 2.45) is 22.5 Å². The molecule has 5 aliphatic rings. The predicted octanol–water partition coefficient (Wildman–Crippen LogP) is 3.80. The zero-order valence-corrected chi connectivity index (χ0v) is 16.6. The van der Waals surface area contributed by atoms with Crippen molar-refractivity contribution in [3.05, 3.63) is 35.9 Å². The number of hydrogen-bond acceptors (Lipinski definition) is 3. The monoisotopic (exact) mass is 377 g/mol. The number of carbonyl (C=O) groups excluding carboxylic acids is 1. The van der Waals surface area contributed by atoms with Gasteiger partial charge in [-0.3, -0.25) is 4.79 Å². The van der Waals surface area contributed by atoms with Crippen molar-refractivity contribution in [2.75, 3.05) is 0 Å². The Morgan fingerprint density at radius 2 is 1.79 bits per heavy atom. The standard InChI is InChI=1S/C24H31N3O/c25-16-22-10-17-11-23(13-22,18-4-2-1-3-5-18)15-24(12-17,14-22)21(28)27-20-8-6-19(26)7-9-20/h1-5,17,19-20H,6-15,26H2,(H,27,28). The second-order valence-electron chi connectivity index (χ2n) is 10.4. The lowest BCUT2D eigenvalue weighted by atomic mass is 9.38. The van der Waals surface area contributed by atoms with Gasteiger partial charge in [0.25, 0.3) is 0 Å². The number of amides is 1. The quantitative estimate of drug-likeness (QED) is 0.841. The largest absolute Gasteiger partial charge is 0.353 e. The van der Waals surface area contributed by atoms with Crippen molar-refractivity contribution in [3.8, 4) is 6.07 Å². The molecule has 4 unspecified atom stereocenters. The average Bonchev–Trinajstić information content (AvgIpc) is 2.69. The van der Waals surface area contributed by atoms with Crippen LogP contribution in [0.1, 0.15) is 69.8 Å². The number of nitrogens with zero attached hydrogens (tertiary/aromatic N) is 1. The average molecular weight is 378 g/mol. The third kappa shape index (κ3) is 2.78. The van der Waals surface area contributed by atoms with Crippen LogP contribution in [-0.2, 0) is 10.2 Å². The molecule has 0 aromatic heterocycles. The molecule has 1 amide bonds. The maximum Gasteiger partial charge on any atom is 0.226 e. The van der Waals surface area contributed by atoms with E-state index < -0.39 is 0 Å². The Labute approximate surface area is 167 Å². The van der Waals surface area contributed by atoms with E-state index in [1.807, 2.05) is 0 Å². The van der Waals surface area contributed by atoms with Crippen molar-refractivity contribution < 1.29 is 4.79 Å². The van der Waals surface area contributed by atoms with Crippen molar-refractivity contribution in [2.45, 2.75) is 81.7 Å². The molecule has 5 fully saturated rings. The SMILES string of the molecule is N#CC12CC3CC(C(=O)NC4CCC(N)CC4)(C1)CC(c1ccccc1)(C3)C2. The Morgan fingerprint density at radius 3 is 2.50 bits per heavy atom. The number of nitrogens with two attached hydrogens (primary N) is 1. The summed E-state index contributed by atoms with van der Waals surface area (Å²) in [5.74, 6) is 0.707. The summed E-state index contributed by atoms with van der Waals surface area (Å²) in [7, 11) is 0. The van der Waals surface area contributed by atoms with Gasteiger partial charge in [-0.2, -0.15) is 5.26 Å².